The van der Waals surface area contributed by atoms with Gasteiger partial charge in [-0.1, -0.05) is 30.3 Å². The zero-order chi connectivity index (χ0) is 16.7. The molecule has 3 nitrogen and oxygen atoms in total. The van der Waals surface area contributed by atoms with Gasteiger partial charge in [0, 0.05) is 5.69 Å². The van der Waals surface area contributed by atoms with Crippen molar-refractivity contribution in [3.8, 4) is 11.1 Å². The van der Waals surface area contributed by atoms with Gasteiger partial charge in [-0.05, 0) is 59.9 Å². The lowest BCUT2D eigenvalue weighted by Gasteiger charge is -2.06. The van der Waals surface area contributed by atoms with Crippen molar-refractivity contribution in [1.29, 1.82) is 0 Å². The summed E-state index contributed by atoms with van der Waals surface area (Å²) in [5, 5.41) is 2.93. The van der Waals surface area contributed by atoms with E-state index in [1.54, 1.807) is 12.1 Å². The van der Waals surface area contributed by atoms with Gasteiger partial charge in [-0.25, -0.2) is 0 Å². The summed E-state index contributed by atoms with van der Waals surface area (Å²) >= 11 is 1.22. The normalized spacial score (nSPS) is 11.7. The fourth-order valence-electron chi connectivity index (χ4n) is 3.06. The smallest absolute Gasteiger partial charge is 0.265 e. The molecular formula is C20H15NO2S. The third-order valence-electron chi connectivity index (χ3n) is 4.23. The first-order valence-corrected chi connectivity index (χ1v) is 8.57. The van der Waals surface area contributed by atoms with Gasteiger partial charge in [-0.15, -0.1) is 11.3 Å². The van der Waals surface area contributed by atoms with Gasteiger partial charge in [0.15, 0.2) is 5.78 Å². The van der Waals surface area contributed by atoms with Crippen molar-refractivity contribution in [2.45, 2.75) is 13.3 Å². The van der Waals surface area contributed by atoms with Gasteiger partial charge in [-0.3, -0.25) is 9.59 Å². The number of rotatable bonds is 3. The number of anilines is 1. The van der Waals surface area contributed by atoms with Crippen LogP contribution in [0.15, 0.2) is 54.6 Å². The highest BCUT2D eigenvalue weighted by Crippen LogP contribution is 2.37. The first kappa shape index (κ1) is 14.8. The second kappa shape index (κ2) is 5.73. The van der Waals surface area contributed by atoms with E-state index in [4.69, 9.17) is 0 Å². The average molecular weight is 333 g/mol. The molecule has 4 rings (SSSR count). The third-order valence-corrected chi connectivity index (χ3v) is 5.41. The Balaban J connectivity index is 1.57. The zero-order valence-corrected chi connectivity index (χ0v) is 13.9. The molecule has 0 saturated heterocycles. The van der Waals surface area contributed by atoms with Crippen LogP contribution in [0.2, 0.25) is 0 Å². The molecule has 0 fully saturated rings. The summed E-state index contributed by atoms with van der Waals surface area (Å²) in [4.78, 5) is 24.9. The van der Waals surface area contributed by atoms with Gasteiger partial charge in [0.25, 0.3) is 5.91 Å². The number of carbonyl (C=O) groups is 2. The summed E-state index contributed by atoms with van der Waals surface area (Å²) in [6.07, 6.45) is 0.892. The Labute approximate surface area is 144 Å². The number of ketones is 1. The summed E-state index contributed by atoms with van der Waals surface area (Å²) in [5.41, 5.74) is 5.84. The van der Waals surface area contributed by atoms with Crippen molar-refractivity contribution < 1.29 is 9.59 Å². The molecule has 1 aliphatic rings. The molecule has 118 valence electrons. The van der Waals surface area contributed by atoms with Gasteiger partial charge >= 0.3 is 0 Å². The number of fused-ring (bicyclic) bond motifs is 3. The lowest BCUT2D eigenvalue weighted by molar-refractivity contribution is 0.101. The van der Waals surface area contributed by atoms with Crippen molar-refractivity contribution in [2.75, 3.05) is 5.32 Å². The molecule has 1 aromatic heterocycles. The molecule has 0 bridgehead atoms. The fraction of sp³-hybridized carbons (Fsp3) is 0.100. The fourth-order valence-corrected chi connectivity index (χ4v) is 3.86. The highest BCUT2D eigenvalue weighted by atomic mass is 32.1. The summed E-state index contributed by atoms with van der Waals surface area (Å²) in [7, 11) is 0. The van der Waals surface area contributed by atoms with E-state index in [0.29, 0.717) is 9.75 Å². The summed E-state index contributed by atoms with van der Waals surface area (Å²) in [6.45, 7) is 1.51. The number of thiophene rings is 1. The largest absolute Gasteiger partial charge is 0.321 e. The van der Waals surface area contributed by atoms with E-state index in [9.17, 15) is 9.59 Å². The topological polar surface area (TPSA) is 46.2 Å². The summed E-state index contributed by atoms with van der Waals surface area (Å²) in [6, 6.07) is 17.8. The lowest BCUT2D eigenvalue weighted by Crippen LogP contribution is -2.10. The van der Waals surface area contributed by atoms with E-state index >= 15 is 0 Å². The molecular weight excluding hydrogens is 318 g/mol. The minimum atomic E-state index is -0.178. The molecule has 0 radical (unpaired) electrons. The van der Waals surface area contributed by atoms with Crippen molar-refractivity contribution in [2.24, 2.45) is 0 Å². The Morgan fingerprint density at radius 1 is 0.917 bits per heavy atom. The monoisotopic (exact) mass is 333 g/mol. The Bertz CT molecular complexity index is 971. The second-order valence-electron chi connectivity index (χ2n) is 5.88. The molecule has 1 aliphatic carbocycles. The molecule has 24 heavy (non-hydrogen) atoms. The number of benzene rings is 2. The molecule has 1 amide bonds. The molecule has 0 unspecified atom stereocenters. The van der Waals surface area contributed by atoms with Crippen molar-refractivity contribution >= 4 is 28.7 Å². The number of hydrogen-bond donors (Lipinski definition) is 1. The zero-order valence-electron chi connectivity index (χ0n) is 13.1. The van der Waals surface area contributed by atoms with Gasteiger partial charge in [0.05, 0.1) is 9.75 Å². The quantitative estimate of drug-likeness (QED) is 0.549. The average Bonchev–Trinajstić information content (AvgIpc) is 3.19. The van der Waals surface area contributed by atoms with Crippen LogP contribution in [0, 0.1) is 0 Å². The molecule has 3 aromatic rings. The highest BCUT2D eigenvalue weighted by Gasteiger charge is 2.18. The SMILES string of the molecule is CC(=O)c1ccc(C(=O)Nc2ccc3c(c2)Cc2ccccc2-3)s1. The minimum absolute atomic E-state index is 0.0191. The van der Waals surface area contributed by atoms with Crippen molar-refractivity contribution in [1.82, 2.24) is 0 Å². The van der Waals surface area contributed by atoms with Crippen molar-refractivity contribution in [3.05, 3.63) is 75.5 Å². The van der Waals surface area contributed by atoms with E-state index < -0.39 is 0 Å². The molecule has 2 aromatic carbocycles. The third kappa shape index (κ3) is 2.55. The van der Waals surface area contributed by atoms with Crippen LogP contribution in [0.3, 0.4) is 0 Å². The van der Waals surface area contributed by atoms with E-state index in [-0.39, 0.29) is 11.7 Å². The number of hydrogen-bond acceptors (Lipinski definition) is 3. The Kier molecular flexibility index (Phi) is 3.54. The van der Waals surface area contributed by atoms with Gasteiger partial charge in [0.1, 0.15) is 0 Å². The first-order chi connectivity index (χ1) is 11.6. The molecule has 0 spiro atoms. The Morgan fingerprint density at radius 2 is 1.67 bits per heavy atom. The molecule has 1 N–H and O–H groups in total. The lowest BCUT2D eigenvalue weighted by atomic mass is 10.1. The molecule has 0 saturated carbocycles. The van der Waals surface area contributed by atoms with Crippen LogP contribution >= 0.6 is 11.3 Å². The predicted molar refractivity (Wildman–Crippen MR) is 97.0 cm³/mol. The van der Waals surface area contributed by atoms with E-state index in [1.807, 2.05) is 18.2 Å². The van der Waals surface area contributed by atoms with Crippen LogP contribution in [-0.2, 0) is 6.42 Å². The standard InChI is InChI=1S/C20H15NO2S/c1-12(22)18-8-9-19(24-18)20(23)21-15-6-7-17-14(11-15)10-13-4-2-3-5-16(13)17/h2-9,11H,10H2,1H3,(H,21,23). The van der Waals surface area contributed by atoms with Crippen LogP contribution < -0.4 is 5.32 Å². The summed E-state index contributed by atoms with van der Waals surface area (Å²) < 4.78 is 0. The number of carbonyl (C=O) groups excluding carboxylic acids is 2. The summed E-state index contributed by atoms with van der Waals surface area (Å²) in [5.74, 6) is -0.197. The van der Waals surface area contributed by atoms with E-state index in [0.717, 1.165) is 12.1 Å². The minimum Gasteiger partial charge on any atom is -0.321 e. The predicted octanol–water partition coefficient (Wildman–Crippen LogP) is 4.77. The van der Waals surface area contributed by atoms with Gasteiger partial charge < -0.3 is 5.32 Å². The van der Waals surface area contributed by atoms with E-state index in [1.165, 1.54) is 40.5 Å². The highest BCUT2D eigenvalue weighted by molar-refractivity contribution is 7.16. The van der Waals surface area contributed by atoms with Crippen LogP contribution in [-0.4, -0.2) is 11.7 Å². The second-order valence-corrected chi connectivity index (χ2v) is 6.96. The maximum atomic E-state index is 12.4. The Hall–Kier alpha value is -2.72. The van der Waals surface area contributed by atoms with Gasteiger partial charge in [0.2, 0.25) is 0 Å². The Morgan fingerprint density at radius 3 is 2.46 bits per heavy atom. The maximum Gasteiger partial charge on any atom is 0.265 e. The number of nitrogens with one attached hydrogen (secondary N) is 1. The van der Waals surface area contributed by atoms with E-state index in [2.05, 4.69) is 29.6 Å². The first-order valence-electron chi connectivity index (χ1n) is 7.75. The molecule has 1 heterocycles. The van der Waals surface area contributed by atoms with Crippen LogP contribution in [0.5, 0.6) is 0 Å². The molecule has 0 atom stereocenters. The maximum absolute atomic E-state index is 12.4. The number of Topliss-reactive ketones (excluding diaryl/α,β-unsaturated/α-hetero) is 1. The van der Waals surface area contributed by atoms with Crippen LogP contribution in [0.1, 0.15) is 37.4 Å². The van der Waals surface area contributed by atoms with Crippen LogP contribution in [0.25, 0.3) is 11.1 Å². The number of amides is 1. The molecule has 0 aliphatic heterocycles. The van der Waals surface area contributed by atoms with Crippen molar-refractivity contribution in [3.63, 3.8) is 0 Å². The van der Waals surface area contributed by atoms with Gasteiger partial charge in [-0.2, -0.15) is 0 Å². The molecule has 4 heteroatoms. The van der Waals surface area contributed by atoms with Crippen LogP contribution in [0.4, 0.5) is 5.69 Å².